The molecule has 0 N–H and O–H groups in total. The summed E-state index contributed by atoms with van der Waals surface area (Å²) >= 11 is 0. The fourth-order valence-electron chi connectivity index (χ4n) is 7.91. The molecular formula is C42H64FNO. The number of benzene rings is 2. The van der Waals surface area contributed by atoms with Crippen molar-refractivity contribution in [3.8, 4) is 0 Å². The van der Waals surface area contributed by atoms with Gasteiger partial charge in [-0.25, -0.2) is 4.39 Å². The van der Waals surface area contributed by atoms with Crippen LogP contribution < -0.4 is 0 Å². The zero-order valence-electron chi connectivity index (χ0n) is 30.2. The van der Waals surface area contributed by atoms with Gasteiger partial charge in [0.05, 0.1) is 0 Å². The summed E-state index contributed by atoms with van der Waals surface area (Å²) in [7, 11) is 0. The van der Waals surface area contributed by atoms with Crippen molar-refractivity contribution in [1.29, 1.82) is 0 Å². The molecule has 250 valence electrons. The van der Waals surface area contributed by atoms with E-state index >= 15 is 4.39 Å². The van der Waals surface area contributed by atoms with E-state index in [2.05, 4.69) is 69.0 Å². The average molecular weight is 618 g/mol. The fraction of sp³-hybridized carbons (Fsp3) is 0.643. The molecule has 2 aromatic rings. The van der Waals surface area contributed by atoms with Crippen molar-refractivity contribution in [2.45, 2.75) is 126 Å². The highest BCUT2D eigenvalue weighted by Crippen LogP contribution is 2.42. The number of hydrogen-bond acceptors (Lipinski definition) is 2. The minimum Gasteiger partial charge on any atom is -0.300 e. The van der Waals surface area contributed by atoms with Crippen LogP contribution in [0.25, 0.3) is 5.57 Å². The summed E-state index contributed by atoms with van der Waals surface area (Å²) in [5, 5.41) is 0. The average Bonchev–Trinajstić information content (AvgIpc) is 3.25. The molecule has 1 aliphatic heterocycles. The molecule has 5 rings (SSSR count). The summed E-state index contributed by atoms with van der Waals surface area (Å²) in [6.07, 6.45) is 9.25. The molecule has 0 bridgehead atoms. The maximum Gasteiger partial charge on any atom is 0.159 e. The lowest BCUT2D eigenvalue weighted by molar-refractivity contribution is 0.0533. The molecule has 1 saturated heterocycles. The van der Waals surface area contributed by atoms with Gasteiger partial charge in [0.2, 0.25) is 0 Å². The number of rotatable bonds is 7. The number of piperidine rings is 1. The molecule has 3 aliphatic rings. The Labute approximate surface area is 276 Å². The van der Waals surface area contributed by atoms with Gasteiger partial charge in [-0.1, -0.05) is 103 Å². The third-order valence-corrected chi connectivity index (χ3v) is 11.3. The predicted octanol–water partition coefficient (Wildman–Crippen LogP) is 11.4. The van der Waals surface area contributed by atoms with Crippen LogP contribution in [0.3, 0.4) is 0 Å². The molecule has 3 heteroatoms. The van der Waals surface area contributed by atoms with Gasteiger partial charge in [-0.3, -0.25) is 4.79 Å². The third-order valence-electron chi connectivity index (χ3n) is 11.3. The minimum absolute atomic E-state index is 0.118. The smallest absolute Gasteiger partial charge is 0.159 e. The van der Waals surface area contributed by atoms with Crippen molar-refractivity contribution in [2.24, 2.45) is 29.6 Å². The maximum absolute atomic E-state index is 15.9. The normalized spacial score (nSPS) is 27.6. The van der Waals surface area contributed by atoms with Gasteiger partial charge in [-0.2, -0.15) is 0 Å². The van der Waals surface area contributed by atoms with Crippen LogP contribution >= 0.6 is 0 Å². The van der Waals surface area contributed by atoms with Gasteiger partial charge >= 0.3 is 0 Å². The molecule has 0 spiro atoms. The summed E-state index contributed by atoms with van der Waals surface area (Å²) in [4.78, 5) is 14.2. The molecule has 2 nitrogen and oxygen atoms in total. The zero-order chi connectivity index (χ0) is 33.1. The van der Waals surface area contributed by atoms with Crippen molar-refractivity contribution >= 4 is 11.4 Å². The number of carbonyl (C=O) groups excluding carboxylic acids is 1. The Bertz CT molecular complexity index is 1210. The van der Waals surface area contributed by atoms with Crippen molar-refractivity contribution in [2.75, 3.05) is 19.6 Å². The Morgan fingerprint density at radius 3 is 2.02 bits per heavy atom. The second-order valence-corrected chi connectivity index (χ2v) is 14.1. The summed E-state index contributed by atoms with van der Waals surface area (Å²) in [5.41, 5.74) is 6.91. The van der Waals surface area contributed by atoms with E-state index in [9.17, 15) is 4.79 Å². The molecule has 0 aromatic heterocycles. The van der Waals surface area contributed by atoms with Crippen molar-refractivity contribution in [3.63, 3.8) is 0 Å². The van der Waals surface area contributed by atoms with Crippen LogP contribution in [0.15, 0.2) is 54.1 Å². The first-order chi connectivity index (χ1) is 21.6. The molecular weight excluding hydrogens is 553 g/mol. The lowest BCUT2D eigenvalue weighted by Gasteiger charge is -2.38. The van der Waals surface area contributed by atoms with Crippen LogP contribution in [-0.4, -0.2) is 36.0 Å². The molecule has 2 aromatic carbocycles. The second-order valence-electron chi connectivity index (χ2n) is 14.1. The van der Waals surface area contributed by atoms with Gasteiger partial charge < -0.3 is 4.90 Å². The molecule has 1 heterocycles. The predicted molar refractivity (Wildman–Crippen MR) is 193 cm³/mol. The SMILES string of the molecule is CC.CC.CC(=O)c1ccc(CC2=C(C)C(C)C(CC3CCN(CC4(F)CCC(C)C(C)CC4)CC3)Cc3ccccc32)cc1. The number of nitrogens with zero attached hydrogens (tertiary/aromatic N) is 1. The summed E-state index contributed by atoms with van der Waals surface area (Å²) < 4.78 is 15.9. The van der Waals surface area contributed by atoms with Crippen molar-refractivity contribution < 1.29 is 9.18 Å². The van der Waals surface area contributed by atoms with Crippen LogP contribution in [0.5, 0.6) is 0 Å². The molecule has 1 saturated carbocycles. The molecule has 0 radical (unpaired) electrons. The molecule has 4 atom stereocenters. The minimum atomic E-state index is -0.990. The van der Waals surface area contributed by atoms with Gasteiger partial charge in [0.25, 0.3) is 0 Å². The van der Waals surface area contributed by atoms with Gasteiger partial charge in [-0.15, -0.1) is 0 Å². The van der Waals surface area contributed by atoms with Gasteiger partial charge in [-0.05, 0) is 137 Å². The first-order valence-corrected chi connectivity index (χ1v) is 18.4. The van der Waals surface area contributed by atoms with E-state index in [1.807, 2.05) is 39.8 Å². The molecule has 0 amide bonds. The number of allylic oxidation sites excluding steroid dienone is 2. The first-order valence-electron chi connectivity index (χ1n) is 18.4. The number of carbonyl (C=O) groups is 1. The summed E-state index contributed by atoms with van der Waals surface area (Å²) in [6, 6.07) is 17.2. The third kappa shape index (κ3) is 9.87. The lowest BCUT2D eigenvalue weighted by atomic mass is 9.77. The van der Waals surface area contributed by atoms with Crippen LogP contribution in [0.1, 0.15) is 134 Å². The van der Waals surface area contributed by atoms with E-state index in [0.717, 1.165) is 63.1 Å². The number of likely N-dealkylation sites (tertiary alicyclic amines) is 1. The first kappa shape index (κ1) is 37.2. The second kappa shape index (κ2) is 17.6. The van der Waals surface area contributed by atoms with E-state index < -0.39 is 5.67 Å². The standard InChI is InChI=1S/C38H52FNO.2C2H6/c1-26-14-18-38(39,19-15-27(26)2)25-40-20-16-32(17-21-40)22-35-24-34-8-6-7-9-36(34)37(29(4)28(35)3)23-31-10-12-33(13-11-31)30(5)41;2*1-2/h6-13,26-28,32,35H,14-25H2,1-5H3;2*1-2H3. The number of Topliss-reactive ketones (excluding diaryl/α,β-unsaturated/α-hetero) is 1. The van der Waals surface area contributed by atoms with E-state index in [-0.39, 0.29) is 5.78 Å². The van der Waals surface area contributed by atoms with E-state index in [1.54, 1.807) is 6.92 Å². The Morgan fingerprint density at radius 2 is 1.44 bits per heavy atom. The Hall–Kier alpha value is -2.26. The monoisotopic (exact) mass is 617 g/mol. The van der Waals surface area contributed by atoms with E-state index in [4.69, 9.17) is 0 Å². The molecule has 4 unspecified atom stereocenters. The Morgan fingerprint density at radius 1 is 0.867 bits per heavy atom. The van der Waals surface area contributed by atoms with Gasteiger partial charge in [0.15, 0.2) is 5.78 Å². The van der Waals surface area contributed by atoms with Crippen LogP contribution in [0.2, 0.25) is 0 Å². The largest absolute Gasteiger partial charge is 0.300 e. The lowest BCUT2D eigenvalue weighted by Crippen LogP contribution is -2.44. The zero-order valence-corrected chi connectivity index (χ0v) is 30.2. The van der Waals surface area contributed by atoms with Crippen LogP contribution in [-0.2, 0) is 12.8 Å². The summed E-state index contributed by atoms with van der Waals surface area (Å²) in [6.45, 7) is 21.8. The quantitative estimate of drug-likeness (QED) is 0.228. The molecule has 2 fully saturated rings. The van der Waals surface area contributed by atoms with Crippen LogP contribution in [0.4, 0.5) is 4.39 Å². The van der Waals surface area contributed by atoms with E-state index in [1.165, 1.54) is 47.1 Å². The highest BCUT2D eigenvalue weighted by molar-refractivity contribution is 5.94. The molecule has 2 aliphatic carbocycles. The Kier molecular flexibility index (Phi) is 14.5. The number of halogens is 1. The topological polar surface area (TPSA) is 20.3 Å². The highest BCUT2D eigenvalue weighted by atomic mass is 19.1. The van der Waals surface area contributed by atoms with Crippen LogP contribution in [0, 0.1) is 29.6 Å². The number of alkyl halides is 1. The highest BCUT2D eigenvalue weighted by Gasteiger charge is 2.37. The van der Waals surface area contributed by atoms with Gasteiger partial charge in [0, 0.05) is 12.1 Å². The van der Waals surface area contributed by atoms with Crippen molar-refractivity contribution in [3.05, 3.63) is 76.4 Å². The number of fused-ring (bicyclic) bond motifs is 1. The van der Waals surface area contributed by atoms with Crippen molar-refractivity contribution in [1.82, 2.24) is 4.90 Å². The van der Waals surface area contributed by atoms with E-state index in [0.29, 0.717) is 30.2 Å². The number of hydrogen-bond donors (Lipinski definition) is 0. The summed E-state index contributed by atoms with van der Waals surface area (Å²) in [5.74, 6) is 3.29. The maximum atomic E-state index is 15.9. The molecule has 45 heavy (non-hydrogen) atoms. The number of ketones is 1. The Balaban J connectivity index is 0.00000133. The van der Waals surface area contributed by atoms with Gasteiger partial charge in [0.1, 0.15) is 5.67 Å². The fourth-order valence-corrected chi connectivity index (χ4v) is 7.91.